The van der Waals surface area contributed by atoms with Gasteiger partial charge in [-0.25, -0.2) is 4.98 Å². The topological polar surface area (TPSA) is 79.3 Å². The van der Waals surface area contributed by atoms with Gasteiger partial charge in [0.2, 0.25) is 0 Å². The van der Waals surface area contributed by atoms with Gasteiger partial charge in [-0.3, -0.25) is 9.59 Å². The molecule has 1 fully saturated rings. The molecule has 0 aliphatic heterocycles. The highest BCUT2D eigenvalue weighted by Gasteiger charge is 2.34. The molecule has 0 aromatic carbocycles. The molecule has 0 radical (unpaired) electrons. The third-order valence-corrected chi connectivity index (χ3v) is 3.02. The van der Waals surface area contributed by atoms with Crippen molar-refractivity contribution in [3.63, 3.8) is 0 Å². The Hall–Kier alpha value is -1.91. The van der Waals surface area contributed by atoms with E-state index in [1.165, 1.54) is 0 Å². The lowest BCUT2D eigenvalue weighted by Gasteiger charge is -2.15. The Bertz CT molecular complexity index is 469. The van der Waals surface area contributed by atoms with Crippen molar-refractivity contribution in [3.05, 3.63) is 29.6 Å². The van der Waals surface area contributed by atoms with Crippen LogP contribution in [0.25, 0.3) is 0 Å². The summed E-state index contributed by atoms with van der Waals surface area (Å²) in [6.45, 7) is 1.81. The zero-order valence-corrected chi connectivity index (χ0v) is 10.2. The maximum absolute atomic E-state index is 12.0. The van der Waals surface area contributed by atoms with Crippen molar-refractivity contribution in [1.29, 1.82) is 0 Å². The normalized spacial score (nSPS) is 16.1. The maximum Gasteiger partial charge on any atom is 0.305 e. The number of carboxylic acid groups (broad SMARTS) is 1. The van der Waals surface area contributed by atoms with Crippen molar-refractivity contribution in [2.45, 2.75) is 32.2 Å². The van der Waals surface area contributed by atoms with E-state index in [1.54, 1.807) is 12.1 Å². The summed E-state index contributed by atoms with van der Waals surface area (Å²) in [5, 5.41) is 11.6. The minimum atomic E-state index is -0.885. The zero-order chi connectivity index (χ0) is 13.1. The highest BCUT2D eigenvalue weighted by molar-refractivity contribution is 5.92. The van der Waals surface area contributed by atoms with Gasteiger partial charge in [0.25, 0.3) is 5.91 Å². The molecule has 1 aromatic rings. The quantitative estimate of drug-likeness (QED) is 0.824. The van der Waals surface area contributed by atoms with E-state index >= 15 is 0 Å². The van der Waals surface area contributed by atoms with Crippen molar-refractivity contribution >= 4 is 11.9 Å². The lowest BCUT2D eigenvalue weighted by Crippen LogP contribution is -2.38. The molecule has 1 atom stereocenters. The number of aliphatic carboxylic acids is 1. The minimum absolute atomic E-state index is 0.0256. The van der Waals surface area contributed by atoms with Gasteiger partial charge in [-0.2, -0.15) is 0 Å². The van der Waals surface area contributed by atoms with Crippen LogP contribution in [0.15, 0.2) is 18.2 Å². The van der Waals surface area contributed by atoms with Crippen LogP contribution in [0.1, 0.15) is 35.4 Å². The number of aryl methyl sites for hydroxylation is 1. The van der Waals surface area contributed by atoms with Crippen molar-refractivity contribution in [1.82, 2.24) is 10.3 Å². The summed E-state index contributed by atoms with van der Waals surface area (Å²) < 4.78 is 0. The predicted octanol–water partition coefficient (Wildman–Crippen LogP) is 1.37. The van der Waals surface area contributed by atoms with Gasteiger partial charge in [0.15, 0.2) is 0 Å². The van der Waals surface area contributed by atoms with Gasteiger partial charge in [0.05, 0.1) is 6.42 Å². The molecule has 1 aliphatic carbocycles. The van der Waals surface area contributed by atoms with Gasteiger partial charge in [0, 0.05) is 11.7 Å². The van der Waals surface area contributed by atoms with Gasteiger partial charge in [-0.15, -0.1) is 0 Å². The molecule has 1 aromatic heterocycles. The first-order valence-corrected chi connectivity index (χ1v) is 6.02. The van der Waals surface area contributed by atoms with E-state index in [9.17, 15) is 9.59 Å². The molecule has 1 unspecified atom stereocenters. The molecule has 0 saturated heterocycles. The highest BCUT2D eigenvalue weighted by atomic mass is 16.4. The van der Waals surface area contributed by atoms with Crippen LogP contribution in [0.3, 0.4) is 0 Å². The average molecular weight is 248 g/mol. The number of pyridine rings is 1. The number of nitrogens with one attached hydrogen (secondary N) is 1. The standard InChI is InChI=1S/C13H16N2O3/c1-8-3-2-4-10(14-8)13(18)15-11(7-12(16)17)9-5-6-9/h2-4,9,11H,5-7H2,1H3,(H,15,18)(H,16,17). The smallest absolute Gasteiger partial charge is 0.305 e. The van der Waals surface area contributed by atoms with Crippen LogP contribution >= 0.6 is 0 Å². The Kier molecular flexibility index (Phi) is 3.60. The van der Waals surface area contributed by atoms with Crippen LogP contribution in [0.4, 0.5) is 0 Å². The second-order valence-corrected chi connectivity index (χ2v) is 4.68. The first-order chi connectivity index (χ1) is 8.56. The fourth-order valence-corrected chi connectivity index (χ4v) is 1.93. The summed E-state index contributed by atoms with van der Waals surface area (Å²) in [5.41, 5.74) is 1.11. The minimum Gasteiger partial charge on any atom is -0.481 e. The van der Waals surface area contributed by atoms with E-state index in [0.717, 1.165) is 18.5 Å². The molecular weight excluding hydrogens is 232 g/mol. The number of hydrogen-bond donors (Lipinski definition) is 2. The molecule has 96 valence electrons. The molecule has 0 spiro atoms. The summed E-state index contributed by atoms with van der Waals surface area (Å²) in [5.74, 6) is -0.879. The molecule has 2 N–H and O–H groups in total. The maximum atomic E-state index is 12.0. The Morgan fingerprint density at radius 2 is 2.22 bits per heavy atom. The molecule has 0 bridgehead atoms. The van der Waals surface area contributed by atoms with Gasteiger partial charge < -0.3 is 10.4 Å². The van der Waals surface area contributed by atoms with Crippen molar-refractivity contribution < 1.29 is 14.7 Å². The number of rotatable bonds is 5. The van der Waals surface area contributed by atoms with Gasteiger partial charge in [0.1, 0.15) is 5.69 Å². The molecule has 5 nitrogen and oxygen atoms in total. The molecule has 1 amide bonds. The largest absolute Gasteiger partial charge is 0.481 e. The van der Waals surface area contributed by atoms with Crippen LogP contribution in [-0.4, -0.2) is 28.0 Å². The van der Waals surface area contributed by atoms with Crippen molar-refractivity contribution in [3.8, 4) is 0 Å². The van der Waals surface area contributed by atoms with E-state index in [4.69, 9.17) is 5.11 Å². The van der Waals surface area contributed by atoms with Crippen LogP contribution < -0.4 is 5.32 Å². The third-order valence-electron chi connectivity index (χ3n) is 3.02. The van der Waals surface area contributed by atoms with E-state index in [1.807, 2.05) is 13.0 Å². The van der Waals surface area contributed by atoms with E-state index in [2.05, 4.69) is 10.3 Å². The molecule has 18 heavy (non-hydrogen) atoms. The second-order valence-electron chi connectivity index (χ2n) is 4.68. The number of aromatic nitrogens is 1. The van der Waals surface area contributed by atoms with Crippen molar-refractivity contribution in [2.75, 3.05) is 0 Å². The summed E-state index contributed by atoms with van der Waals surface area (Å²) in [6.07, 6.45) is 1.95. The van der Waals surface area contributed by atoms with Gasteiger partial charge in [-0.1, -0.05) is 6.07 Å². The molecular formula is C13H16N2O3. The summed E-state index contributed by atoms with van der Waals surface area (Å²) in [6, 6.07) is 4.93. The number of amides is 1. The summed E-state index contributed by atoms with van der Waals surface area (Å²) in [4.78, 5) is 26.8. The molecule has 1 heterocycles. The number of nitrogens with zero attached hydrogens (tertiary/aromatic N) is 1. The van der Waals surface area contributed by atoms with E-state index < -0.39 is 5.97 Å². The predicted molar refractivity (Wildman–Crippen MR) is 65.2 cm³/mol. The fraction of sp³-hybridized carbons (Fsp3) is 0.462. The number of hydrogen-bond acceptors (Lipinski definition) is 3. The first-order valence-electron chi connectivity index (χ1n) is 6.02. The van der Waals surface area contributed by atoms with Crippen molar-refractivity contribution in [2.24, 2.45) is 5.92 Å². The molecule has 1 aliphatic rings. The molecule has 1 saturated carbocycles. The average Bonchev–Trinajstić information content (AvgIpc) is 3.11. The second kappa shape index (κ2) is 5.16. The van der Waals surface area contributed by atoms with E-state index in [0.29, 0.717) is 11.6 Å². The number of carboxylic acids is 1. The van der Waals surface area contributed by atoms with Crippen LogP contribution in [-0.2, 0) is 4.79 Å². The fourth-order valence-electron chi connectivity index (χ4n) is 1.93. The molecule has 2 rings (SSSR count). The highest BCUT2D eigenvalue weighted by Crippen LogP contribution is 2.34. The first kappa shape index (κ1) is 12.5. The van der Waals surface area contributed by atoms with Crippen LogP contribution in [0, 0.1) is 12.8 Å². The van der Waals surface area contributed by atoms with Crippen LogP contribution in [0.5, 0.6) is 0 Å². The lowest BCUT2D eigenvalue weighted by atomic mass is 10.1. The SMILES string of the molecule is Cc1cccc(C(=O)NC(CC(=O)O)C2CC2)n1. The Labute approximate surface area is 105 Å². The van der Waals surface area contributed by atoms with Crippen LogP contribution in [0.2, 0.25) is 0 Å². The Morgan fingerprint density at radius 3 is 2.78 bits per heavy atom. The van der Waals surface area contributed by atoms with Gasteiger partial charge >= 0.3 is 5.97 Å². The summed E-state index contributed by atoms with van der Waals surface area (Å²) in [7, 11) is 0. The monoisotopic (exact) mass is 248 g/mol. The number of carbonyl (C=O) groups is 2. The Morgan fingerprint density at radius 1 is 1.50 bits per heavy atom. The molecule has 5 heteroatoms. The summed E-state index contributed by atoms with van der Waals surface area (Å²) >= 11 is 0. The third kappa shape index (κ3) is 3.29. The Balaban J connectivity index is 2.02. The lowest BCUT2D eigenvalue weighted by molar-refractivity contribution is -0.137. The van der Waals surface area contributed by atoms with Gasteiger partial charge in [-0.05, 0) is 37.8 Å². The zero-order valence-electron chi connectivity index (χ0n) is 10.2. The van der Waals surface area contributed by atoms with E-state index in [-0.39, 0.29) is 18.4 Å². The number of carbonyl (C=O) groups excluding carboxylic acids is 1.